The van der Waals surface area contributed by atoms with Gasteiger partial charge in [0.2, 0.25) is 0 Å². The average molecular weight is 366 g/mol. The molecule has 0 spiro atoms. The third-order valence-electron chi connectivity index (χ3n) is 6.00. The first-order valence-corrected chi connectivity index (χ1v) is 12.6. The fourth-order valence-electron chi connectivity index (χ4n) is 4.03. The number of hydrogen-bond donors (Lipinski definition) is 0. The van der Waals surface area contributed by atoms with Gasteiger partial charge in [-0.3, -0.25) is 0 Å². The molecule has 26 heavy (non-hydrogen) atoms. The molecule has 0 nitrogen and oxygen atoms in total. The monoisotopic (exact) mass is 365 g/mol. The maximum Gasteiger partial charge on any atom is -0.0443 e. The van der Waals surface area contributed by atoms with E-state index < -0.39 is 0 Å². The van der Waals surface area contributed by atoms with Crippen molar-refractivity contribution in [2.45, 2.75) is 155 Å². The van der Waals surface area contributed by atoms with Gasteiger partial charge in [0.1, 0.15) is 0 Å². The Morgan fingerprint density at radius 1 is 0.462 bits per heavy atom. The molecule has 1 atom stereocenters. The van der Waals surface area contributed by atoms with Crippen molar-refractivity contribution in [1.82, 2.24) is 0 Å². The lowest BCUT2D eigenvalue weighted by Crippen LogP contribution is -1.94. The van der Waals surface area contributed by atoms with Crippen LogP contribution < -0.4 is 0 Å². The summed E-state index contributed by atoms with van der Waals surface area (Å²) in [6.07, 6.45) is 31.7. The van der Waals surface area contributed by atoms with Crippen LogP contribution in [0.15, 0.2) is 0 Å². The van der Waals surface area contributed by atoms with Crippen molar-refractivity contribution >= 4 is 0 Å². The molecule has 0 heterocycles. The Hall–Kier alpha value is 0. The highest BCUT2D eigenvalue weighted by Gasteiger charge is 2.01. The van der Waals surface area contributed by atoms with Gasteiger partial charge >= 0.3 is 0 Å². The van der Waals surface area contributed by atoms with Crippen molar-refractivity contribution in [3.63, 3.8) is 0 Å². The van der Waals surface area contributed by atoms with Gasteiger partial charge < -0.3 is 0 Å². The maximum atomic E-state index is 3.93. The van der Waals surface area contributed by atoms with Crippen molar-refractivity contribution in [3.8, 4) is 0 Å². The molecule has 0 amide bonds. The molecule has 0 fully saturated rings. The fourth-order valence-corrected chi connectivity index (χ4v) is 4.03. The van der Waals surface area contributed by atoms with Crippen LogP contribution in [0.2, 0.25) is 0 Å². The van der Waals surface area contributed by atoms with Gasteiger partial charge in [-0.25, -0.2) is 0 Å². The molecule has 0 saturated heterocycles. The van der Waals surface area contributed by atoms with E-state index in [4.69, 9.17) is 0 Å². The van der Waals surface area contributed by atoms with Gasteiger partial charge in [0, 0.05) is 0 Å². The van der Waals surface area contributed by atoms with Crippen molar-refractivity contribution < 1.29 is 0 Å². The molecule has 157 valence electrons. The maximum absolute atomic E-state index is 3.93. The lowest BCUT2D eigenvalue weighted by molar-refractivity contribution is 0.437. The molecule has 0 aliphatic heterocycles. The van der Waals surface area contributed by atoms with Crippen LogP contribution in [-0.2, 0) is 0 Å². The van der Waals surface area contributed by atoms with Crippen LogP contribution in [0.3, 0.4) is 0 Å². The summed E-state index contributed by atoms with van der Waals surface area (Å²) in [7, 11) is 0. The molecule has 1 radical (unpaired) electrons. The van der Waals surface area contributed by atoms with Crippen LogP contribution in [0, 0.1) is 12.8 Å². The lowest BCUT2D eigenvalue weighted by Gasteiger charge is -2.10. The quantitative estimate of drug-likeness (QED) is 0.167. The molecule has 0 rings (SSSR count). The van der Waals surface area contributed by atoms with E-state index in [2.05, 4.69) is 20.8 Å². The van der Waals surface area contributed by atoms with Crippen LogP contribution in [0.1, 0.15) is 155 Å². The van der Waals surface area contributed by atoms with E-state index in [1.165, 1.54) is 135 Å². The molecule has 0 aliphatic rings. The Kier molecular flexibility index (Phi) is 23.0. The van der Waals surface area contributed by atoms with E-state index >= 15 is 0 Å². The van der Waals surface area contributed by atoms with Gasteiger partial charge in [0.15, 0.2) is 0 Å². The summed E-state index contributed by atoms with van der Waals surface area (Å²) < 4.78 is 0. The molecule has 1 unspecified atom stereocenters. The largest absolute Gasteiger partial charge is 0.0654 e. The standard InChI is InChI=1S/C26H53/c1-4-6-8-9-10-11-12-13-14-15-16-17-18-19-20-21-23-25-26(3)24-22-7-5-2/h26H,2,4-25H2,1,3H3. The summed E-state index contributed by atoms with van der Waals surface area (Å²) in [5, 5.41) is 0. The van der Waals surface area contributed by atoms with Crippen molar-refractivity contribution in [2.75, 3.05) is 0 Å². The van der Waals surface area contributed by atoms with Gasteiger partial charge in [-0.1, -0.05) is 162 Å². The van der Waals surface area contributed by atoms with Gasteiger partial charge in [-0.2, -0.15) is 0 Å². The van der Waals surface area contributed by atoms with E-state index in [9.17, 15) is 0 Å². The van der Waals surface area contributed by atoms with Crippen LogP contribution in [-0.4, -0.2) is 0 Å². The van der Waals surface area contributed by atoms with Crippen LogP contribution in [0.5, 0.6) is 0 Å². The summed E-state index contributed by atoms with van der Waals surface area (Å²) in [5.41, 5.74) is 0. The average Bonchev–Trinajstić information content (AvgIpc) is 2.64. The van der Waals surface area contributed by atoms with Crippen molar-refractivity contribution in [2.24, 2.45) is 5.92 Å². The second-order valence-corrected chi connectivity index (χ2v) is 8.90. The SMILES string of the molecule is [CH2]CCCCC(C)CCCCCCCCCCCCCCCCCCC. The Morgan fingerprint density at radius 3 is 1.12 bits per heavy atom. The minimum Gasteiger partial charge on any atom is -0.0654 e. The van der Waals surface area contributed by atoms with Crippen molar-refractivity contribution in [3.05, 3.63) is 6.92 Å². The highest BCUT2D eigenvalue weighted by molar-refractivity contribution is 4.56. The second kappa shape index (κ2) is 23.0. The van der Waals surface area contributed by atoms with Gasteiger partial charge in [-0.05, 0) is 5.92 Å². The third-order valence-corrected chi connectivity index (χ3v) is 6.00. The molecule has 0 aromatic heterocycles. The van der Waals surface area contributed by atoms with Crippen LogP contribution in [0.25, 0.3) is 0 Å². The van der Waals surface area contributed by atoms with Crippen molar-refractivity contribution in [1.29, 1.82) is 0 Å². The lowest BCUT2D eigenvalue weighted by atomic mass is 9.96. The second-order valence-electron chi connectivity index (χ2n) is 8.90. The zero-order chi connectivity index (χ0) is 19.1. The number of rotatable bonds is 22. The molecular weight excluding hydrogens is 312 g/mol. The third kappa shape index (κ3) is 22.0. The minimum atomic E-state index is 0.942. The van der Waals surface area contributed by atoms with E-state index in [1.54, 1.807) is 0 Å². The first-order valence-electron chi connectivity index (χ1n) is 12.6. The molecular formula is C26H53. The highest BCUT2D eigenvalue weighted by atomic mass is 14.1. The minimum absolute atomic E-state index is 0.942. The summed E-state index contributed by atoms with van der Waals surface area (Å²) in [6.45, 7) is 8.67. The first kappa shape index (κ1) is 26.0. The zero-order valence-electron chi connectivity index (χ0n) is 18.8. The molecule has 0 heteroatoms. The Bertz CT molecular complexity index is 232. The molecule has 0 aromatic carbocycles. The fraction of sp³-hybridized carbons (Fsp3) is 0.962. The zero-order valence-corrected chi connectivity index (χ0v) is 18.8. The van der Waals surface area contributed by atoms with E-state index in [0.717, 1.165) is 12.3 Å². The van der Waals surface area contributed by atoms with E-state index in [0.29, 0.717) is 0 Å². The predicted molar refractivity (Wildman–Crippen MR) is 122 cm³/mol. The molecule has 0 aliphatic carbocycles. The first-order chi connectivity index (χ1) is 12.8. The van der Waals surface area contributed by atoms with Gasteiger partial charge in [-0.15, -0.1) is 0 Å². The van der Waals surface area contributed by atoms with Gasteiger partial charge in [0.05, 0.1) is 0 Å². The Labute approximate surface area is 168 Å². The summed E-state index contributed by atoms with van der Waals surface area (Å²) in [6, 6.07) is 0. The van der Waals surface area contributed by atoms with Crippen LogP contribution in [0.4, 0.5) is 0 Å². The predicted octanol–water partition coefficient (Wildman–Crippen LogP) is 10.1. The summed E-state index contributed by atoms with van der Waals surface area (Å²) in [4.78, 5) is 0. The molecule has 0 aromatic rings. The van der Waals surface area contributed by atoms with Gasteiger partial charge in [0.25, 0.3) is 0 Å². The van der Waals surface area contributed by atoms with E-state index in [-0.39, 0.29) is 0 Å². The highest BCUT2D eigenvalue weighted by Crippen LogP contribution is 2.18. The topological polar surface area (TPSA) is 0 Å². The molecule has 0 bridgehead atoms. The summed E-state index contributed by atoms with van der Waals surface area (Å²) in [5.74, 6) is 0.942. The van der Waals surface area contributed by atoms with E-state index in [1.807, 2.05) is 0 Å². The number of hydrogen-bond acceptors (Lipinski definition) is 0. The molecule has 0 N–H and O–H groups in total. The normalized spacial score (nSPS) is 12.6. The summed E-state index contributed by atoms with van der Waals surface area (Å²) >= 11 is 0. The van der Waals surface area contributed by atoms with Crippen LogP contribution >= 0.6 is 0 Å². The Balaban J connectivity index is 3.05. The number of unbranched alkanes of at least 4 members (excludes halogenated alkanes) is 18. The smallest absolute Gasteiger partial charge is 0.0443 e. The molecule has 0 saturated carbocycles. The Morgan fingerprint density at radius 2 is 0.769 bits per heavy atom.